The maximum Gasteiger partial charge on any atom is 0.418 e. The van der Waals surface area contributed by atoms with Crippen LogP contribution in [-0.2, 0) is 6.18 Å². The summed E-state index contributed by atoms with van der Waals surface area (Å²) in [6.45, 7) is 1.68. The topological polar surface area (TPSA) is 63.8 Å². The van der Waals surface area contributed by atoms with Gasteiger partial charge in [0.2, 0.25) is 5.95 Å². The van der Waals surface area contributed by atoms with Crippen molar-refractivity contribution >= 4 is 17.5 Å². The van der Waals surface area contributed by atoms with E-state index in [-0.39, 0.29) is 17.5 Å². The summed E-state index contributed by atoms with van der Waals surface area (Å²) in [7, 11) is 0. The second-order valence-corrected chi connectivity index (χ2v) is 3.92. The van der Waals surface area contributed by atoms with Crippen molar-refractivity contribution in [2.24, 2.45) is 0 Å². The number of nitrogens with two attached hydrogens (primary N) is 1. The number of anilines is 3. The van der Waals surface area contributed by atoms with Crippen molar-refractivity contribution in [2.45, 2.75) is 13.1 Å². The third-order valence-corrected chi connectivity index (χ3v) is 2.37. The van der Waals surface area contributed by atoms with Gasteiger partial charge in [-0.05, 0) is 19.1 Å². The van der Waals surface area contributed by atoms with Crippen LogP contribution in [0.15, 0.2) is 30.3 Å². The van der Waals surface area contributed by atoms with Crippen molar-refractivity contribution in [1.29, 1.82) is 0 Å². The molecule has 7 heteroatoms. The molecule has 0 unspecified atom stereocenters. The van der Waals surface area contributed by atoms with Crippen LogP contribution in [0.2, 0.25) is 0 Å². The summed E-state index contributed by atoms with van der Waals surface area (Å²) in [5, 5.41) is 2.61. The van der Waals surface area contributed by atoms with Gasteiger partial charge >= 0.3 is 6.18 Å². The first-order chi connectivity index (χ1) is 8.86. The molecule has 3 N–H and O–H groups in total. The number of hydrogen-bond acceptors (Lipinski definition) is 4. The van der Waals surface area contributed by atoms with Crippen LogP contribution < -0.4 is 11.1 Å². The number of para-hydroxylation sites is 1. The van der Waals surface area contributed by atoms with Crippen LogP contribution in [0.1, 0.15) is 11.3 Å². The Hall–Kier alpha value is -2.31. The Morgan fingerprint density at radius 2 is 1.84 bits per heavy atom. The van der Waals surface area contributed by atoms with E-state index in [4.69, 9.17) is 5.73 Å². The summed E-state index contributed by atoms with van der Waals surface area (Å²) in [5.74, 6) is 0.230. The molecule has 2 aromatic rings. The Labute approximate surface area is 107 Å². The van der Waals surface area contributed by atoms with E-state index in [1.807, 2.05) is 0 Å². The number of rotatable bonds is 2. The van der Waals surface area contributed by atoms with Gasteiger partial charge < -0.3 is 11.1 Å². The van der Waals surface area contributed by atoms with Gasteiger partial charge in [-0.15, -0.1) is 0 Å². The zero-order chi connectivity index (χ0) is 14.0. The molecule has 0 spiro atoms. The summed E-state index contributed by atoms with van der Waals surface area (Å²) >= 11 is 0. The summed E-state index contributed by atoms with van der Waals surface area (Å²) in [6, 6.07) is 6.68. The van der Waals surface area contributed by atoms with E-state index in [0.29, 0.717) is 5.69 Å². The molecular weight excluding hydrogens is 257 g/mol. The lowest BCUT2D eigenvalue weighted by Gasteiger charge is -2.14. The van der Waals surface area contributed by atoms with Crippen molar-refractivity contribution in [3.05, 3.63) is 41.6 Å². The zero-order valence-corrected chi connectivity index (χ0v) is 9.99. The van der Waals surface area contributed by atoms with Crippen LogP contribution in [0.3, 0.4) is 0 Å². The number of nitrogens with one attached hydrogen (secondary N) is 1. The minimum absolute atomic E-state index is 0.00647. The first-order valence-corrected chi connectivity index (χ1v) is 5.40. The summed E-state index contributed by atoms with van der Waals surface area (Å²) in [5.41, 5.74) is 5.19. The lowest BCUT2D eigenvalue weighted by Crippen LogP contribution is -2.09. The predicted molar refractivity (Wildman–Crippen MR) is 65.9 cm³/mol. The molecule has 4 nitrogen and oxygen atoms in total. The van der Waals surface area contributed by atoms with E-state index in [1.54, 1.807) is 6.92 Å². The maximum atomic E-state index is 12.8. The molecule has 0 saturated carbocycles. The van der Waals surface area contributed by atoms with Crippen molar-refractivity contribution in [3.8, 4) is 0 Å². The molecule has 0 atom stereocenters. The predicted octanol–water partition coefficient (Wildman–Crippen LogP) is 3.13. The number of alkyl halides is 3. The van der Waals surface area contributed by atoms with E-state index in [9.17, 15) is 13.2 Å². The average molecular weight is 268 g/mol. The highest BCUT2D eigenvalue weighted by atomic mass is 19.4. The molecule has 0 bridgehead atoms. The zero-order valence-electron chi connectivity index (χ0n) is 9.99. The second kappa shape index (κ2) is 4.75. The van der Waals surface area contributed by atoms with E-state index < -0.39 is 11.7 Å². The van der Waals surface area contributed by atoms with Crippen molar-refractivity contribution in [2.75, 3.05) is 11.1 Å². The normalized spacial score (nSPS) is 11.4. The van der Waals surface area contributed by atoms with Gasteiger partial charge in [0.05, 0.1) is 11.3 Å². The molecule has 1 heterocycles. The van der Waals surface area contributed by atoms with E-state index in [2.05, 4.69) is 15.3 Å². The van der Waals surface area contributed by atoms with Gasteiger partial charge in [-0.3, -0.25) is 0 Å². The molecule has 1 aromatic heterocycles. The van der Waals surface area contributed by atoms with Crippen LogP contribution in [-0.4, -0.2) is 9.97 Å². The van der Waals surface area contributed by atoms with Crippen molar-refractivity contribution < 1.29 is 13.2 Å². The molecule has 0 saturated heterocycles. The Bertz CT molecular complexity index is 576. The van der Waals surface area contributed by atoms with Gasteiger partial charge in [0.25, 0.3) is 0 Å². The van der Waals surface area contributed by atoms with Gasteiger partial charge in [-0.1, -0.05) is 12.1 Å². The summed E-state index contributed by atoms with van der Waals surface area (Å²) in [4.78, 5) is 7.69. The third kappa shape index (κ3) is 3.12. The molecule has 0 aliphatic heterocycles. The fourth-order valence-corrected chi connectivity index (χ4v) is 1.63. The van der Waals surface area contributed by atoms with Crippen LogP contribution >= 0.6 is 0 Å². The molecule has 0 aliphatic carbocycles. The average Bonchev–Trinajstić information content (AvgIpc) is 2.26. The molecule has 0 fully saturated rings. The Morgan fingerprint density at radius 3 is 2.47 bits per heavy atom. The number of aromatic nitrogens is 2. The maximum absolute atomic E-state index is 12.8. The first kappa shape index (κ1) is 13.1. The van der Waals surface area contributed by atoms with Crippen LogP contribution in [0.4, 0.5) is 30.6 Å². The number of aryl methyl sites for hydroxylation is 1. The highest BCUT2D eigenvalue weighted by molar-refractivity contribution is 5.62. The number of hydrogen-bond donors (Lipinski definition) is 2. The van der Waals surface area contributed by atoms with E-state index >= 15 is 0 Å². The van der Waals surface area contributed by atoms with Crippen LogP contribution in [0.5, 0.6) is 0 Å². The highest BCUT2D eigenvalue weighted by Gasteiger charge is 2.33. The minimum Gasteiger partial charge on any atom is -0.368 e. The number of nitrogens with zero attached hydrogens (tertiary/aromatic N) is 2. The van der Waals surface area contributed by atoms with Crippen molar-refractivity contribution in [1.82, 2.24) is 9.97 Å². The summed E-state index contributed by atoms with van der Waals surface area (Å²) < 4.78 is 38.4. The van der Waals surface area contributed by atoms with Gasteiger partial charge in [0, 0.05) is 11.8 Å². The minimum atomic E-state index is -4.43. The number of benzene rings is 1. The third-order valence-electron chi connectivity index (χ3n) is 2.37. The van der Waals surface area contributed by atoms with Gasteiger partial charge in [0.1, 0.15) is 5.82 Å². The molecule has 100 valence electrons. The summed E-state index contributed by atoms with van der Waals surface area (Å²) in [6.07, 6.45) is -4.43. The molecule has 19 heavy (non-hydrogen) atoms. The SMILES string of the molecule is Cc1cc(Nc2ccccc2C(F)(F)F)nc(N)n1. The smallest absolute Gasteiger partial charge is 0.368 e. The lowest BCUT2D eigenvalue weighted by molar-refractivity contribution is -0.136. The molecule has 0 aliphatic rings. The van der Waals surface area contributed by atoms with Gasteiger partial charge in [-0.25, -0.2) is 4.98 Å². The molecule has 0 radical (unpaired) electrons. The quantitative estimate of drug-likeness (QED) is 0.878. The Morgan fingerprint density at radius 1 is 1.16 bits per heavy atom. The van der Waals surface area contributed by atoms with Crippen LogP contribution in [0.25, 0.3) is 0 Å². The lowest BCUT2D eigenvalue weighted by atomic mass is 10.1. The second-order valence-electron chi connectivity index (χ2n) is 3.92. The van der Waals surface area contributed by atoms with Gasteiger partial charge in [0.15, 0.2) is 0 Å². The number of halogens is 3. The number of nitrogen functional groups attached to an aromatic ring is 1. The molecule has 2 rings (SSSR count). The fourth-order valence-electron chi connectivity index (χ4n) is 1.63. The first-order valence-electron chi connectivity index (χ1n) is 5.40. The fraction of sp³-hybridized carbons (Fsp3) is 0.167. The monoisotopic (exact) mass is 268 g/mol. The molecular formula is C12H11F3N4. The Balaban J connectivity index is 2.38. The van der Waals surface area contributed by atoms with Crippen LogP contribution in [0, 0.1) is 6.92 Å². The highest BCUT2D eigenvalue weighted by Crippen LogP contribution is 2.35. The molecule has 0 amide bonds. The largest absolute Gasteiger partial charge is 0.418 e. The van der Waals surface area contributed by atoms with E-state index in [0.717, 1.165) is 6.07 Å². The van der Waals surface area contributed by atoms with Crippen molar-refractivity contribution in [3.63, 3.8) is 0 Å². The Kier molecular flexibility index (Phi) is 3.28. The van der Waals surface area contributed by atoms with Gasteiger partial charge in [-0.2, -0.15) is 18.2 Å². The molecule has 1 aromatic carbocycles. The standard InChI is InChI=1S/C12H11F3N4/c1-7-6-10(19-11(16)17-7)18-9-5-3-2-4-8(9)12(13,14)15/h2-6H,1H3,(H3,16,17,18,19). The van der Waals surface area contributed by atoms with E-state index in [1.165, 1.54) is 24.3 Å².